The van der Waals surface area contributed by atoms with Crippen LogP contribution in [0.1, 0.15) is 11.1 Å². The second kappa shape index (κ2) is 4.35. The Morgan fingerprint density at radius 1 is 1.24 bits per heavy atom. The molecular formula is C14H9BrClN3O2. The molecule has 2 aliphatic heterocycles. The summed E-state index contributed by atoms with van der Waals surface area (Å²) in [5.41, 5.74) is 6.69. The molecule has 0 radical (unpaired) electrons. The van der Waals surface area contributed by atoms with Gasteiger partial charge in [-0.05, 0) is 24.3 Å². The first kappa shape index (κ1) is 12.9. The van der Waals surface area contributed by atoms with Crippen LogP contribution in [-0.2, 0) is 10.3 Å². The fourth-order valence-electron chi connectivity index (χ4n) is 2.71. The highest BCUT2D eigenvalue weighted by atomic mass is 79.9. The minimum atomic E-state index is -0.747. The number of amidine groups is 1. The molecule has 106 valence electrons. The first-order chi connectivity index (χ1) is 10.1. The van der Waals surface area contributed by atoms with Crippen molar-refractivity contribution in [2.45, 2.75) is 5.54 Å². The number of hydrogen-bond acceptors (Lipinski definition) is 5. The van der Waals surface area contributed by atoms with Gasteiger partial charge in [-0.25, -0.2) is 9.98 Å². The second-order valence-electron chi connectivity index (χ2n) is 4.84. The number of rotatable bonds is 0. The topological polar surface area (TPSA) is 69.7 Å². The molecule has 5 nitrogen and oxygen atoms in total. The Morgan fingerprint density at radius 3 is 2.81 bits per heavy atom. The Hall–Kier alpha value is -1.79. The number of benzene rings is 1. The van der Waals surface area contributed by atoms with Gasteiger partial charge in [0.1, 0.15) is 17.5 Å². The molecule has 1 aromatic heterocycles. The largest absolute Gasteiger partial charge is 0.462 e. The van der Waals surface area contributed by atoms with Crippen LogP contribution in [0.25, 0.3) is 0 Å². The van der Waals surface area contributed by atoms with Crippen LogP contribution in [0.2, 0.25) is 5.15 Å². The number of fused-ring (bicyclic) bond motifs is 4. The van der Waals surface area contributed by atoms with Crippen LogP contribution < -0.4 is 10.5 Å². The molecule has 1 spiro atoms. The summed E-state index contributed by atoms with van der Waals surface area (Å²) in [7, 11) is 0. The number of aromatic nitrogens is 1. The predicted molar refractivity (Wildman–Crippen MR) is 81.8 cm³/mol. The number of ether oxygens (including phenoxy) is 2. The summed E-state index contributed by atoms with van der Waals surface area (Å²) < 4.78 is 12.3. The summed E-state index contributed by atoms with van der Waals surface area (Å²) in [5.74, 6) is 1.31. The smallest absolute Gasteiger partial charge is 0.283 e. The first-order valence-electron chi connectivity index (χ1n) is 6.20. The van der Waals surface area contributed by atoms with Crippen LogP contribution in [0.3, 0.4) is 0 Å². The molecule has 0 saturated heterocycles. The van der Waals surface area contributed by atoms with E-state index in [9.17, 15) is 0 Å². The quantitative estimate of drug-likeness (QED) is 0.727. The van der Waals surface area contributed by atoms with Crippen LogP contribution in [0.15, 0.2) is 39.9 Å². The minimum Gasteiger partial charge on any atom is -0.462 e. The Kier molecular flexibility index (Phi) is 2.68. The lowest BCUT2D eigenvalue weighted by Crippen LogP contribution is -2.31. The third kappa shape index (κ3) is 1.82. The monoisotopic (exact) mass is 365 g/mol. The molecule has 0 fully saturated rings. The van der Waals surface area contributed by atoms with E-state index in [-0.39, 0.29) is 6.02 Å². The van der Waals surface area contributed by atoms with Crippen molar-refractivity contribution >= 4 is 33.6 Å². The Morgan fingerprint density at radius 2 is 2.05 bits per heavy atom. The van der Waals surface area contributed by atoms with Crippen molar-refractivity contribution in [3.05, 3.63) is 51.2 Å². The average Bonchev–Trinajstić information content (AvgIpc) is 2.84. The van der Waals surface area contributed by atoms with Gasteiger partial charge in [-0.1, -0.05) is 27.5 Å². The second-order valence-corrected chi connectivity index (χ2v) is 6.15. The minimum absolute atomic E-state index is 0.154. The van der Waals surface area contributed by atoms with Crippen molar-refractivity contribution in [1.29, 1.82) is 0 Å². The lowest BCUT2D eigenvalue weighted by Gasteiger charge is -2.33. The van der Waals surface area contributed by atoms with Crippen molar-refractivity contribution in [2.75, 3.05) is 6.61 Å². The molecule has 0 unspecified atom stereocenters. The molecule has 0 saturated carbocycles. The van der Waals surface area contributed by atoms with E-state index in [1.165, 1.54) is 0 Å². The van der Waals surface area contributed by atoms with Crippen LogP contribution in [0.4, 0.5) is 0 Å². The molecule has 0 amide bonds. The van der Waals surface area contributed by atoms with Gasteiger partial charge in [0.05, 0.1) is 6.20 Å². The van der Waals surface area contributed by atoms with Gasteiger partial charge in [-0.3, -0.25) is 0 Å². The molecule has 0 aliphatic carbocycles. The fourth-order valence-corrected chi connectivity index (χ4v) is 3.23. The van der Waals surface area contributed by atoms with E-state index in [1.807, 2.05) is 18.2 Å². The van der Waals surface area contributed by atoms with Gasteiger partial charge in [-0.15, -0.1) is 0 Å². The zero-order valence-electron chi connectivity index (χ0n) is 10.6. The summed E-state index contributed by atoms with van der Waals surface area (Å²) in [6.45, 7) is 0.305. The van der Waals surface area contributed by atoms with Gasteiger partial charge >= 0.3 is 0 Å². The van der Waals surface area contributed by atoms with Gasteiger partial charge in [0.2, 0.25) is 0 Å². The van der Waals surface area contributed by atoms with E-state index in [2.05, 4.69) is 25.9 Å². The van der Waals surface area contributed by atoms with E-state index in [0.29, 0.717) is 23.3 Å². The molecule has 2 aromatic rings. The maximum absolute atomic E-state index is 6.04. The Labute approximate surface area is 133 Å². The molecule has 4 rings (SSSR count). The average molecular weight is 367 g/mol. The van der Waals surface area contributed by atoms with Crippen molar-refractivity contribution in [2.24, 2.45) is 10.7 Å². The van der Waals surface area contributed by atoms with Crippen molar-refractivity contribution in [3.63, 3.8) is 0 Å². The van der Waals surface area contributed by atoms with E-state index in [0.717, 1.165) is 15.6 Å². The zero-order chi connectivity index (χ0) is 14.6. The maximum Gasteiger partial charge on any atom is 0.283 e. The van der Waals surface area contributed by atoms with Crippen LogP contribution in [-0.4, -0.2) is 17.6 Å². The zero-order valence-corrected chi connectivity index (χ0v) is 13.0. The molecule has 2 N–H and O–H groups in total. The van der Waals surface area contributed by atoms with Crippen molar-refractivity contribution in [3.8, 4) is 11.5 Å². The highest BCUT2D eigenvalue weighted by Gasteiger charge is 2.47. The number of halogens is 2. The SMILES string of the molecule is NC1=N[C@@]2(CO1)c1cc(Br)ccc1Oc1cnc(Cl)cc12. The maximum atomic E-state index is 6.04. The number of pyridine rings is 1. The highest BCUT2D eigenvalue weighted by molar-refractivity contribution is 9.10. The van der Waals surface area contributed by atoms with Gasteiger partial charge in [-0.2, -0.15) is 0 Å². The first-order valence-corrected chi connectivity index (χ1v) is 7.38. The summed E-state index contributed by atoms with van der Waals surface area (Å²) in [5, 5.41) is 0.371. The molecule has 1 aromatic carbocycles. The van der Waals surface area contributed by atoms with E-state index in [4.69, 9.17) is 26.8 Å². The van der Waals surface area contributed by atoms with Gasteiger partial charge in [0, 0.05) is 15.6 Å². The summed E-state index contributed by atoms with van der Waals surface area (Å²) in [6, 6.07) is 7.64. The third-order valence-corrected chi connectivity index (χ3v) is 4.32. The summed E-state index contributed by atoms with van der Waals surface area (Å²) >= 11 is 9.51. The Bertz CT molecular complexity index is 742. The van der Waals surface area contributed by atoms with E-state index >= 15 is 0 Å². The summed E-state index contributed by atoms with van der Waals surface area (Å²) in [4.78, 5) is 8.60. The Balaban J connectivity index is 2.05. The number of aliphatic imine (C=N–C) groups is 1. The molecule has 7 heteroatoms. The van der Waals surface area contributed by atoms with Crippen LogP contribution in [0, 0.1) is 0 Å². The number of nitrogens with two attached hydrogens (primary N) is 1. The standard InChI is InChI=1S/C14H9BrClN3O2/c15-7-1-2-10-8(3-7)14(6-20-13(17)19-14)9-4-12(16)18-5-11(9)21-10/h1-5H,6H2,(H2,17,19)/t14-/m0/s1. The van der Waals surface area contributed by atoms with E-state index in [1.54, 1.807) is 12.3 Å². The van der Waals surface area contributed by atoms with Gasteiger partial charge in [0.25, 0.3) is 6.02 Å². The van der Waals surface area contributed by atoms with Gasteiger partial charge in [0.15, 0.2) is 11.3 Å². The molecule has 0 bridgehead atoms. The normalized spacial score (nSPS) is 22.1. The summed E-state index contributed by atoms with van der Waals surface area (Å²) in [6.07, 6.45) is 1.59. The number of nitrogens with zero attached hydrogens (tertiary/aromatic N) is 2. The number of hydrogen-bond donors (Lipinski definition) is 1. The molecule has 3 heterocycles. The van der Waals surface area contributed by atoms with Crippen molar-refractivity contribution in [1.82, 2.24) is 4.98 Å². The van der Waals surface area contributed by atoms with Gasteiger partial charge < -0.3 is 15.2 Å². The lowest BCUT2D eigenvalue weighted by atomic mass is 9.82. The molecule has 2 aliphatic rings. The van der Waals surface area contributed by atoms with Crippen molar-refractivity contribution < 1.29 is 9.47 Å². The highest BCUT2D eigenvalue weighted by Crippen LogP contribution is 2.51. The lowest BCUT2D eigenvalue weighted by molar-refractivity contribution is 0.264. The van der Waals surface area contributed by atoms with Crippen LogP contribution in [0.5, 0.6) is 11.5 Å². The van der Waals surface area contributed by atoms with Crippen LogP contribution >= 0.6 is 27.5 Å². The molecular weight excluding hydrogens is 358 g/mol. The fraction of sp³-hybridized carbons (Fsp3) is 0.143. The third-order valence-electron chi connectivity index (χ3n) is 3.62. The molecule has 1 atom stereocenters. The molecule has 21 heavy (non-hydrogen) atoms. The predicted octanol–water partition coefficient (Wildman–Crippen LogP) is 3.19. The van der Waals surface area contributed by atoms with E-state index < -0.39 is 5.54 Å².